The number of hydrogen-bond acceptors (Lipinski definition) is 3. The van der Waals surface area contributed by atoms with Crippen LogP contribution in [-0.4, -0.2) is 4.92 Å². The van der Waals surface area contributed by atoms with Crippen LogP contribution in [0.25, 0.3) is 0 Å². The minimum Gasteiger partial charge on any atom is -0.258 e. The third-order valence-corrected chi connectivity index (χ3v) is 1.39. The molecule has 5 heteroatoms. The van der Waals surface area contributed by atoms with Crippen LogP contribution in [0.2, 0.25) is 0 Å². The minimum atomic E-state index is -0.453. The smallest absolute Gasteiger partial charge is 0.258 e. The summed E-state index contributed by atoms with van der Waals surface area (Å²) in [4.78, 5) is 9.83. The molecule has 0 unspecified atom stereocenters. The Morgan fingerprint density at radius 3 is 2.73 bits per heavy atom. The summed E-state index contributed by atoms with van der Waals surface area (Å²) in [5.41, 5.74) is 0.0341. The van der Waals surface area contributed by atoms with Crippen LogP contribution in [0.3, 0.4) is 0 Å². The van der Waals surface area contributed by atoms with Crippen molar-refractivity contribution in [2.45, 2.75) is 20.4 Å². The van der Waals surface area contributed by atoms with Gasteiger partial charge in [-0.05, 0) is 11.7 Å². The van der Waals surface area contributed by atoms with Gasteiger partial charge in [-0.25, -0.2) is 4.52 Å². The van der Waals surface area contributed by atoms with Crippen molar-refractivity contribution in [1.82, 2.24) is 0 Å². The quantitative estimate of drug-likeness (QED) is 0.362. The highest BCUT2D eigenvalue weighted by Gasteiger charge is 2.22. The van der Waals surface area contributed by atoms with E-state index in [1.165, 1.54) is 10.9 Å². The molecular weight excluding hydrogens is 148 g/mol. The summed E-state index contributed by atoms with van der Waals surface area (Å²) in [6.45, 7) is 4.03. The second kappa shape index (κ2) is 2.69. The predicted octanol–water partition coefficient (Wildman–Crippen LogP) is 0.804. The van der Waals surface area contributed by atoms with Gasteiger partial charge in [0.25, 0.3) is 12.0 Å². The Bertz CT molecular complexity index is 279. The van der Waals surface area contributed by atoms with Crippen molar-refractivity contribution in [3.8, 4) is 0 Å². The molecule has 0 aliphatic rings. The SMILES string of the molecule is CC[n+]1cc([N+](=O)[O-])c(C)o1. The van der Waals surface area contributed by atoms with Crippen molar-refractivity contribution in [1.29, 1.82) is 0 Å². The fourth-order valence-corrected chi connectivity index (χ4v) is 0.808. The average molecular weight is 157 g/mol. The van der Waals surface area contributed by atoms with Gasteiger partial charge in [0.2, 0.25) is 0 Å². The Labute approximate surface area is 63.4 Å². The van der Waals surface area contributed by atoms with E-state index in [0.717, 1.165) is 0 Å². The highest BCUT2D eigenvalue weighted by molar-refractivity contribution is 5.25. The Hall–Kier alpha value is -1.39. The van der Waals surface area contributed by atoms with E-state index in [1.54, 1.807) is 6.92 Å². The number of rotatable bonds is 2. The molecule has 0 aliphatic carbocycles. The highest BCUT2D eigenvalue weighted by Crippen LogP contribution is 2.13. The first-order valence-corrected chi connectivity index (χ1v) is 3.30. The Morgan fingerprint density at radius 1 is 1.82 bits per heavy atom. The molecule has 0 amide bonds. The predicted molar refractivity (Wildman–Crippen MR) is 36.0 cm³/mol. The van der Waals surface area contributed by atoms with E-state index in [9.17, 15) is 10.1 Å². The van der Waals surface area contributed by atoms with E-state index in [4.69, 9.17) is 4.52 Å². The maximum Gasteiger partial charge on any atom is 0.381 e. The monoisotopic (exact) mass is 157 g/mol. The lowest BCUT2D eigenvalue weighted by atomic mass is 10.4. The lowest BCUT2D eigenvalue weighted by molar-refractivity contribution is -0.862. The minimum absolute atomic E-state index is 0.0341. The molecule has 0 aliphatic heterocycles. The number of hydrogen-bond donors (Lipinski definition) is 0. The third kappa shape index (κ3) is 1.36. The number of aryl methyl sites for hydroxylation is 2. The molecule has 0 bridgehead atoms. The van der Waals surface area contributed by atoms with E-state index in [1.807, 2.05) is 6.92 Å². The summed E-state index contributed by atoms with van der Waals surface area (Å²) in [5, 5.41) is 10.3. The van der Waals surface area contributed by atoms with Crippen molar-refractivity contribution < 1.29 is 14.2 Å². The number of nitro groups is 1. The first kappa shape index (κ1) is 7.71. The Kier molecular flexibility index (Phi) is 1.89. The van der Waals surface area contributed by atoms with Gasteiger partial charge in [-0.15, -0.1) is 0 Å². The summed E-state index contributed by atoms with van der Waals surface area (Å²) in [7, 11) is 0. The first-order valence-electron chi connectivity index (χ1n) is 3.30. The zero-order valence-corrected chi connectivity index (χ0v) is 6.40. The van der Waals surface area contributed by atoms with E-state index < -0.39 is 4.92 Å². The molecule has 1 aromatic heterocycles. The molecule has 0 N–H and O–H groups in total. The van der Waals surface area contributed by atoms with E-state index >= 15 is 0 Å². The maximum absolute atomic E-state index is 10.3. The fourth-order valence-electron chi connectivity index (χ4n) is 0.808. The molecule has 5 nitrogen and oxygen atoms in total. The van der Waals surface area contributed by atoms with Crippen LogP contribution in [0.15, 0.2) is 10.7 Å². The molecule has 60 valence electrons. The summed E-state index contributed by atoms with van der Waals surface area (Å²) in [5.74, 6) is 0.344. The summed E-state index contributed by atoms with van der Waals surface area (Å²) in [6, 6.07) is 0. The third-order valence-electron chi connectivity index (χ3n) is 1.39. The van der Waals surface area contributed by atoms with E-state index in [0.29, 0.717) is 12.3 Å². The lowest BCUT2D eigenvalue weighted by Gasteiger charge is -1.77. The standard InChI is InChI=1S/C6H9N2O3/c1-3-7-4-6(8(9)10)5(2)11-7/h4H,3H2,1-2H3/q+1. The van der Waals surface area contributed by atoms with Crippen molar-refractivity contribution in [3.63, 3.8) is 0 Å². The van der Waals surface area contributed by atoms with Gasteiger partial charge in [-0.2, -0.15) is 0 Å². The number of nitrogens with zero attached hydrogens (tertiary/aromatic N) is 2. The van der Waals surface area contributed by atoms with Crippen molar-refractivity contribution in [3.05, 3.63) is 22.1 Å². The van der Waals surface area contributed by atoms with Crippen LogP contribution in [0.1, 0.15) is 12.7 Å². The van der Waals surface area contributed by atoms with E-state index in [2.05, 4.69) is 0 Å². The van der Waals surface area contributed by atoms with Crippen LogP contribution in [-0.2, 0) is 6.54 Å². The normalized spacial score (nSPS) is 10.0. The van der Waals surface area contributed by atoms with Gasteiger partial charge in [0.15, 0.2) is 6.54 Å². The molecule has 11 heavy (non-hydrogen) atoms. The van der Waals surface area contributed by atoms with Crippen molar-refractivity contribution >= 4 is 5.69 Å². The van der Waals surface area contributed by atoms with Gasteiger partial charge in [0.1, 0.15) is 0 Å². The first-order chi connectivity index (χ1) is 5.15. The van der Waals surface area contributed by atoms with Gasteiger partial charge in [-0.3, -0.25) is 10.1 Å². The van der Waals surface area contributed by atoms with Crippen LogP contribution < -0.4 is 4.74 Å². The largest absolute Gasteiger partial charge is 0.381 e. The highest BCUT2D eigenvalue weighted by atomic mass is 16.6. The zero-order chi connectivity index (χ0) is 8.43. The lowest BCUT2D eigenvalue weighted by Crippen LogP contribution is -2.28. The molecule has 0 fully saturated rings. The van der Waals surface area contributed by atoms with Gasteiger partial charge >= 0.3 is 5.69 Å². The average Bonchev–Trinajstić information content (AvgIpc) is 2.30. The van der Waals surface area contributed by atoms with Gasteiger partial charge < -0.3 is 0 Å². The van der Waals surface area contributed by atoms with Gasteiger partial charge in [0.05, 0.1) is 4.92 Å². The molecule has 1 rings (SSSR count). The van der Waals surface area contributed by atoms with Crippen LogP contribution >= 0.6 is 0 Å². The molecule has 0 spiro atoms. The van der Waals surface area contributed by atoms with E-state index in [-0.39, 0.29) is 5.69 Å². The molecule has 0 saturated heterocycles. The van der Waals surface area contributed by atoms with Crippen molar-refractivity contribution in [2.24, 2.45) is 0 Å². The fraction of sp³-hybridized carbons (Fsp3) is 0.500. The summed E-state index contributed by atoms with van der Waals surface area (Å²) in [6.07, 6.45) is 1.38. The van der Waals surface area contributed by atoms with Gasteiger partial charge in [0, 0.05) is 6.92 Å². The number of aromatic nitrogens is 1. The molecule has 0 aromatic carbocycles. The molecular formula is C6H9N2O3+. The molecule has 0 radical (unpaired) electrons. The summed E-state index contributed by atoms with van der Waals surface area (Å²) >= 11 is 0. The van der Waals surface area contributed by atoms with Crippen LogP contribution in [0.5, 0.6) is 0 Å². The Morgan fingerprint density at radius 2 is 2.45 bits per heavy atom. The second-order valence-electron chi connectivity index (χ2n) is 2.15. The molecule has 0 saturated carbocycles. The molecule has 0 atom stereocenters. The van der Waals surface area contributed by atoms with Gasteiger partial charge in [-0.1, -0.05) is 0 Å². The maximum atomic E-state index is 10.3. The molecule has 1 heterocycles. The topological polar surface area (TPSA) is 60.2 Å². The zero-order valence-electron chi connectivity index (χ0n) is 6.40. The second-order valence-corrected chi connectivity index (χ2v) is 2.15. The van der Waals surface area contributed by atoms with Crippen molar-refractivity contribution in [2.75, 3.05) is 0 Å². The summed E-state index contributed by atoms with van der Waals surface area (Å²) < 4.78 is 6.42. The van der Waals surface area contributed by atoms with Crippen LogP contribution in [0, 0.1) is 17.0 Å². The van der Waals surface area contributed by atoms with Crippen LogP contribution in [0.4, 0.5) is 5.69 Å². The molecule has 1 aromatic rings. The Balaban J connectivity index is 3.07.